The lowest BCUT2D eigenvalue weighted by Gasteiger charge is -2.26. The lowest BCUT2D eigenvalue weighted by atomic mass is 10.1. The number of pyridine rings is 1. The summed E-state index contributed by atoms with van der Waals surface area (Å²) in [5.74, 6) is 0. The lowest BCUT2D eigenvalue weighted by Crippen LogP contribution is -2.28. The zero-order valence-corrected chi connectivity index (χ0v) is 13.1. The monoisotopic (exact) mass is 263 g/mol. The average molecular weight is 263 g/mol. The van der Waals surface area contributed by atoms with E-state index in [0.29, 0.717) is 12.1 Å². The number of nitrogens with one attached hydrogen (secondary N) is 1. The molecule has 2 unspecified atom stereocenters. The Morgan fingerprint density at radius 2 is 1.95 bits per heavy atom. The highest BCUT2D eigenvalue weighted by atomic mass is 15.1. The van der Waals surface area contributed by atoms with Crippen LogP contribution in [-0.4, -0.2) is 24.6 Å². The first-order chi connectivity index (χ1) is 9.13. The fourth-order valence-corrected chi connectivity index (χ4v) is 2.12. The van der Waals surface area contributed by atoms with Crippen LogP contribution in [0, 0.1) is 0 Å². The number of rotatable bonds is 8. The molecule has 0 aliphatic rings. The van der Waals surface area contributed by atoms with Gasteiger partial charge in [0.05, 0.1) is 17.6 Å². The molecule has 0 fully saturated rings. The Bertz CT molecular complexity index is 348. The average Bonchev–Trinajstić information content (AvgIpc) is 2.47. The molecule has 0 bridgehead atoms. The van der Waals surface area contributed by atoms with Crippen LogP contribution >= 0.6 is 0 Å². The SMILES string of the molecule is CCCNC(CC)c1ccc(N(C)C(C)CC)cn1. The van der Waals surface area contributed by atoms with Gasteiger partial charge in [0.2, 0.25) is 0 Å². The summed E-state index contributed by atoms with van der Waals surface area (Å²) >= 11 is 0. The van der Waals surface area contributed by atoms with Crippen molar-refractivity contribution in [1.29, 1.82) is 0 Å². The topological polar surface area (TPSA) is 28.2 Å². The summed E-state index contributed by atoms with van der Waals surface area (Å²) in [6.07, 6.45) is 5.38. The highest BCUT2D eigenvalue weighted by molar-refractivity contribution is 5.44. The molecule has 1 aromatic heterocycles. The fourth-order valence-electron chi connectivity index (χ4n) is 2.12. The molecular formula is C16H29N3. The maximum absolute atomic E-state index is 4.64. The molecule has 1 aromatic rings. The molecule has 0 spiro atoms. The van der Waals surface area contributed by atoms with Crippen molar-refractivity contribution in [3.63, 3.8) is 0 Å². The maximum Gasteiger partial charge on any atom is 0.0574 e. The standard InChI is InChI=1S/C16H29N3/c1-6-11-17-15(8-3)16-10-9-14(12-18-16)19(5)13(4)7-2/h9-10,12-13,15,17H,6-8,11H2,1-5H3. The first-order valence-electron chi connectivity index (χ1n) is 7.56. The van der Waals surface area contributed by atoms with E-state index < -0.39 is 0 Å². The second-order valence-electron chi connectivity index (χ2n) is 5.22. The van der Waals surface area contributed by atoms with E-state index in [4.69, 9.17) is 0 Å². The van der Waals surface area contributed by atoms with Crippen molar-refractivity contribution in [2.45, 2.75) is 59.0 Å². The van der Waals surface area contributed by atoms with Gasteiger partial charge in [-0.05, 0) is 44.9 Å². The number of aromatic nitrogens is 1. The smallest absolute Gasteiger partial charge is 0.0574 e. The molecule has 0 saturated heterocycles. The van der Waals surface area contributed by atoms with Crippen molar-refractivity contribution < 1.29 is 0 Å². The highest BCUT2D eigenvalue weighted by Gasteiger charge is 2.12. The van der Waals surface area contributed by atoms with Crippen molar-refractivity contribution in [2.24, 2.45) is 0 Å². The zero-order valence-electron chi connectivity index (χ0n) is 13.1. The normalized spacial score (nSPS) is 14.2. The number of hydrogen-bond acceptors (Lipinski definition) is 3. The molecule has 0 radical (unpaired) electrons. The first-order valence-corrected chi connectivity index (χ1v) is 7.56. The van der Waals surface area contributed by atoms with Crippen LogP contribution in [0.2, 0.25) is 0 Å². The summed E-state index contributed by atoms with van der Waals surface area (Å²) in [6.45, 7) is 9.90. The van der Waals surface area contributed by atoms with Crippen LogP contribution in [0.15, 0.2) is 18.3 Å². The van der Waals surface area contributed by atoms with Crippen LogP contribution in [0.25, 0.3) is 0 Å². The van der Waals surface area contributed by atoms with Gasteiger partial charge in [-0.2, -0.15) is 0 Å². The van der Waals surface area contributed by atoms with Gasteiger partial charge in [0.25, 0.3) is 0 Å². The van der Waals surface area contributed by atoms with Crippen LogP contribution < -0.4 is 10.2 Å². The largest absolute Gasteiger partial charge is 0.371 e. The quantitative estimate of drug-likeness (QED) is 0.774. The van der Waals surface area contributed by atoms with E-state index in [1.165, 1.54) is 5.69 Å². The summed E-state index contributed by atoms with van der Waals surface area (Å²) in [7, 11) is 2.14. The van der Waals surface area contributed by atoms with Gasteiger partial charge in [0, 0.05) is 19.1 Å². The molecule has 0 aliphatic heterocycles. The van der Waals surface area contributed by atoms with E-state index in [0.717, 1.165) is 31.5 Å². The van der Waals surface area contributed by atoms with Gasteiger partial charge in [-0.3, -0.25) is 4.98 Å². The summed E-state index contributed by atoms with van der Waals surface area (Å²) in [5, 5.41) is 3.54. The molecule has 2 atom stereocenters. The van der Waals surface area contributed by atoms with Gasteiger partial charge in [-0.1, -0.05) is 20.8 Å². The Kier molecular flexibility index (Phi) is 6.85. The second-order valence-corrected chi connectivity index (χ2v) is 5.22. The van der Waals surface area contributed by atoms with E-state index in [1.807, 2.05) is 6.20 Å². The van der Waals surface area contributed by atoms with E-state index in [9.17, 15) is 0 Å². The van der Waals surface area contributed by atoms with Crippen molar-refractivity contribution >= 4 is 5.69 Å². The molecule has 19 heavy (non-hydrogen) atoms. The minimum atomic E-state index is 0.378. The lowest BCUT2D eigenvalue weighted by molar-refractivity contribution is 0.507. The zero-order chi connectivity index (χ0) is 14.3. The summed E-state index contributed by atoms with van der Waals surface area (Å²) in [6, 6.07) is 5.27. The molecule has 0 amide bonds. The minimum Gasteiger partial charge on any atom is -0.371 e. The van der Waals surface area contributed by atoms with E-state index in [-0.39, 0.29) is 0 Å². The summed E-state index contributed by atoms with van der Waals surface area (Å²) in [4.78, 5) is 6.93. The molecule has 3 heteroatoms. The molecule has 1 N–H and O–H groups in total. The fraction of sp³-hybridized carbons (Fsp3) is 0.688. The van der Waals surface area contributed by atoms with Gasteiger partial charge in [-0.25, -0.2) is 0 Å². The number of hydrogen-bond donors (Lipinski definition) is 1. The van der Waals surface area contributed by atoms with Gasteiger partial charge in [0.1, 0.15) is 0 Å². The van der Waals surface area contributed by atoms with Gasteiger partial charge in [-0.15, -0.1) is 0 Å². The van der Waals surface area contributed by atoms with Crippen LogP contribution in [0.4, 0.5) is 5.69 Å². The molecule has 3 nitrogen and oxygen atoms in total. The highest BCUT2D eigenvalue weighted by Crippen LogP contribution is 2.19. The number of nitrogens with zero attached hydrogens (tertiary/aromatic N) is 2. The van der Waals surface area contributed by atoms with E-state index in [2.05, 4.69) is 62.1 Å². The third kappa shape index (κ3) is 4.50. The second kappa shape index (κ2) is 8.16. The molecule has 0 saturated carbocycles. The van der Waals surface area contributed by atoms with Crippen molar-refractivity contribution in [3.05, 3.63) is 24.0 Å². The Morgan fingerprint density at radius 1 is 1.21 bits per heavy atom. The summed E-state index contributed by atoms with van der Waals surface area (Å²) < 4.78 is 0. The van der Waals surface area contributed by atoms with E-state index in [1.54, 1.807) is 0 Å². The van der Waals surface area contributed by atoms with Gasteiger partial charge < -0.3 is 10.2 Å². The molecule has 1 rings (SSSR count). The van der Waals surface area contributed by atoms with Crippen molar-refractivity contribution in [3.8, 4) is 0 Å². The molecule has 0 aromatic carbocycles. The number of anilines is 1. The Balaban J connectivity index is 2.74. The van der Waals surface area contributed by atoms with Crippen LogP contribution in [-0.2, 0) is 0 Å². The van der Waals surface area contributed by atoms with Crippen LogP contribution in [0.3, 0.4) is 0 Å². The molecule has 0 aliphatic carbocycles. The Labute approximate surface area is 118 Å². The minimum absolute atomic E-state index is 0.378. The van der Waals surface area contributed by atoms with Crippen LogP contribution in [0.5, 0.6) is 0 Å². The predicted molar refractivity (Wildman–Crippen MR) is 83.7 cm³/mol. The van der Waals surface area contributed by atoms with Crippen molar-refractivity contribution in [1.82, 2.24) is 10.3 Å². The first kappa shape index (κ1) is 16.0. The Hall–Kier alpha value is -1.09. The predicted octanol–water partition coefficient (Wildman–Crippen LogP) is 3.77. The third-order valence-corrected chi connectivity index (χ3v) is 3.84. The van der Waals surface area contributed by atoms with Crippen molar-refractivity contribution in [2.75, 3.05) is 18.5 Å². The third-order valence-electron chi connectivity index (χ3n) is 3.84. The maximum atomic E-state index is 4.64. The van der Waals surface area contributed by atoms with E-state index >= 15 is 0 Å². The molecular weight excluding hydrogens is 234 g/mol. The molecule has 1 heterocycles. The van der Waals surface area contributed by atoms with Gasteiger partial charge >= 0.3 is 0 Å². The molecule has 108 valence electrons. The summed E-state index contributed by atoms with van der Waals surface area (Å²) in [5.41, 5.74) is 2.35. The Morgan fingerprint density at radius 3 is 2.42 bits per heavy atom. The van der Waals surface area contributed by atoms with Gasteiger partial charge in [0.15, 0.2) is 0 Å². The van der Waals surface area contributed by atoms with Crippen LogP contribution in [0.1, 0.15) is 58.7 Å².